The average Bonchev–Trinajstić information content (AvgIpc) is 3.08. The molecule has 3 aromatic rings. The van der Waals surface area contributed by atoms with Gasteiger partial charge in [0, 0.05) is 23.2 Å². The van der Waals surface area contributed by atoms with Crippen molar-refractivity contribution in [2.45, 2.75) is 6.42 Å². The molecule has 0 atom stereocenters. The SMILES string of the molecule is COc1cc2c(cc1F)Cc1c-2n[nH]c1Nc1ccc(F)cc1. The van der Waals surface area contributed by atoms with Crippen molar-refractivity contribution in [3.8, 4) is 17.0 Å². The van der Waals surface area contributed by atoms with Crippen LogP contribution in [0.2, 0.25) is 0 Å². The maximum absolute atomic E-state index is 13.9. The van der Waals surface area contributed by atoms with Crippen LogP contribution in [0.4, 0.5) is 20.3 Å². The fourth-order valence-corrected chi connectivity index (χ4v) is 2.85. The van der Waals surface area contributed by atoms with Crippen molar-refractivity contribution in [1.29, 1.82) is 0 Å². The summed E-state index contributed by atoms with van der Waals surface area (Å²) in [4.78, 5) is 0. The summed E-state index contributed by atoms with van der Waals surface area (Å²) in [6.07, 6.45) is 0.575. The molecule has 4 rings (SSSR count). The van der Waals surface area contributed by atoms with Crippen molar-refractivity contribution in [1.82, 2.24) is 10.2 Å². The normalized spacial score (nSPS) is 12.0. The summed E-state index contributed by atoms with van der Waals surface area (Å²) in [5, 5.41) is 10.4. The summed E-state index contributed by atoms with van der Waals surface area (Å²) in [6.45, 7) is 0. The third kappa shape index (κ3) is 2.23. The number of hydrogen-bond donors (Lipinski definition) is 2. The van der Waals surface area contributed by atoms with Gasteiger partial charge in [-0.05, 0) is 42.0 Å². The maximum Gasteiger partial charge on any atom is 0.165 e. The summed E-state index contributed by atoms with van der Waals surface area (Å²) in [6, 6.07) is 9.21. The molecule has 1 aliphatic carbocycles. The monoisotopic (exact) mass is 313 g/mol. The van der Waals surface area contributed by atoms with Gasteiger partial charge in [-0.3, -0.25) is 5.10 Å². The largest absolute Gasteiger partial charge is 0.494 e. The minimum absolute atomic E-state index is 0.202. The molecule has 2 N–H and O–H groups in total. The molecule has 1 aliphatic rings. The number of aromatic amines is 1. The summed E-state index contributed by atoms with van der Waals surface area (Å²) >= 11 is 0. The van der Waals surface area contributed by atoms with Crippen LogP contribution >= 0.6 is 0 Å². The molecule has 6 heteroatoms. The van der Waals surface area contributed by atoms with Gasteiger partial charge in [-0.1, -0.05) is 0 Å². The van der Waals surface area contributed by atoms with Crippen LogP contribution in [0.15, 0.2) is 36.4 Å². The molecule has 0 saturated carbocycles. The fourth-order valence-electron chi connectivity index (χ4n) is 2.85. The van der Waals surface area contributed by atoms with Gasteiger partial charge in [0.25, 0.3) is 0 Å². The first kappa shape index (κ1) is 13.8. The number of benzene rings is 2. The Balaban J connectivity index is 1.70. The van der Waals surface area contributed by atoms with Crippen molar-refractivity contribution >= 4 is 11.5 Å². The van der Waals surface area contributed by atoms with E-state index in [2.05, 4.69) is 15.5 Å². The van der Waals surface area contributed by atoms with Gasteiger partial charge in [0.1, 0.15) is 11.6 Å². The van der Waals surface area contributed by atoms with Crippen molar-refractivity contribution in [2.24, 2.45) is 0 Å². The van der Waals surface area contributed by atoms with Crippen molar-refractivity contribution in [3.05, 3.63) is 59.2 Å². The highest BCUT2D eigenvalue weighted by Crippen LogP contribution is 2.41. The Bertz CT molecular complexity index is 888. The zero-order chi connectivity index (χ0) is 16.0. The third-order valence-electron chi connectivity index (χ3n) is 3.98. The molecule has 0 spiro atoms. The molecule has 4 nitrogen and oxygen atoms in total. The molecule has 0 unspecified atom stereocenters. The van der Waals surface area contributed by atoms with E-state index < -0.39 is 0 Å². The predicted molar refractivity (Wildman–Crippen MR) is 83.0 cm³/mol. The Labute approximate surface area is 131 Å². The molecule has 116 valence electrons. The van der Waals surface area contributed by atoms with E-state index in [-0.39, 0.29) is 17.4 Å². The number of H-pyrrole nitrogens is 1. The Morgan fingerprint density at radius 3 is 2.70 bits per heavy atom. The maximum atomic E-state index is 13.9. The molecule has 0 saturated heterocycles. The fraction of sp³-hybridized carbons (Fsp3) is 0.118. The summed E-state index contributed by atoms with van der Waals surface area (Å²) < 4.78 is 31.9. The number of fused-ring (bicyclic) bond motifs is 3. The molecule has 0 aliphatic heterocycles. The lowest BCUT2D eigenvalue weighted by molar-refractivity contribution is 0.386. The van der Waals surface area contributed by atoms with Crippen molar-refractivity contribution in [2.75, 3.05) is 12.4 Å². The Morgan fingerprint density at radius 1 is 1.17 bits per heavy atom. The van der Waals surface area contributed by atoms with Crippen LogP contribution in [0.5, 0.6) is 5.75 Å². The first-order valence-corrected chi connectivity index (χ1v) is 7.12. The van der Waals surface area contributed by atoms with Gasteiger partial charge in [0.2, 0.25) is 0 Å². The number of anilines is 2. The molecular weight excluding hydrogens is 300 g/mol. The zero-order valence-electron chi connectivity index (χ0n) is 12.3. The molecule has 0 fully saturated rings. The van der Waals surface area contributed by atoms with E-state index in [0.29, 0.717) is 6.42 Å². The summed E-state index contributed by atoms with van der Waals surface area (Å²) in [5.74, 6) is 0.253. The summed E-state index contributed by atoms with van der Waals surface area (Å²) in [5.41, 5.74) is 4.22. The van der Waals surface area contributed by atoms with Crippen LogP contribution in [0.25, 0.3) is 11.3 Å². The quantitative estimate of drug-likeness (QED) is 0.601. The molecule has 1 heterocycles. The Morgan fingerprint density at radius 2 is 1.96 bits per heavy atom. The summed E-state index contributed by atoms with van der Waals surface area (Å²) in [7, 11) is 1.44. The first-order valence-electron chi connectivity index (χ1n) is 7.12. The Hall–Kier alpha value is -2.89. The van der Waals surface area contributed by atoms with Gasteiger partial charge in [0.05, 0.1) is 12.8 Å². The van der Waals surface area contributed by atoms with Gasteiger partial charge < -0.3 is 10.1 Å². The van der Waals surface area contributed by atoms with Crippen LogP contribution in [0, 0.1) is 11.6 Å². The lowest BCUT2D eigenvalue weighted by Crippen LogP contribution is -1.95. The first-order chi connectivity index (χ1) is 11.2. The molecular formula is C17H13F2N3O. The van der Waals surface area contributed by atoms with Gasteiger partial charge >= 0.3 is 0 Å². The lowest BCUT2D eigenvalue weighted by Gasteiger charge is -2.06. The molecule has 23 heavy (non-hydrogen) atoms. The number of nitrogens with zero attached hydrogens (tertiary/aromatic N) is 1. The van der Waals surface area contributed by atoms with Crippen LogP contribution in [0.3, 0.4) is 0 Å². The van der Waals surface area contributed by atoms with E-state index in [0.717, 1.165) is 33.9 Å². The highest BCUT2D eigenvalue weighted by molar-refractivity contribution is 5.80. The number of nitrogens with one attached hydrogen (secondary N) is 2. The van der Waals surface area contributed by atoms with Crippen LogP contribution in [-0.2, 0) is 6.42 Å². The van der Waals surface area contributed by atoms with Gasteiger partial charge in [-0.25, -0.2) is 8.78 Å². The highest BCUT2D eigenvalue weighted by Gasteiger charge is 2.26. The zero-order valence-corrected chi connectivity index (χ0v) is 12.3. The molecule has 2 aromatic carbocycles. The smallest absolute Gasteiger partial charge is 0.165 e. The second-order valence-corrected chi connectivity index (χ2v) is 5.38. The number of halogens is 2. The van der Waals surface area contributed by atoms with Crippen LogP contribution in [-0.4, -0.2) is 17.3 Å². The van der Waals surface area contributed by atoms with E-state index in [9.17, 15) is 8.78 Å². The topological polar surface area (TPSA) is 49.9 Å². The Kier molecular flexibility index (Phi) is 3.04. The number of aromatic nitrogens is 2. The highest BCUT2D eigenvalue weighted by atomic mass is 19.1. The van der Waals surface area contributed by atoms with Gasteiger partial charge in [-0.2, -0.15) is 5.10 Å². The van der Waals surface area contributed by atoms with E-state index in [1.165, 1.54) is 25.3 Å². The molecule has 0 amide bonds. The van der Waals surface area contributed by atoms with Crippen LogP contribution in [0.1, 0.15) is 11.1 Å². The van der Waals surface area contributed by atoms with Crippen molar-refractivity contribution in [3.63, 3.8) is 0 Å². The minimum atomic E-state index is -0.381. The number of rotatable bonds is 3. The number of hydrogen-bond acceptors (Lipinski definition) is 3. The van der Waals surface area contributed by atoms with E-state index in [1.807, 2.05) is 0 Å². The molecule has 0 bridgehead atoms. The van der Waals surface area contributed by atoms with E-state index in [1.54, 1.807) is 18.2 Å². The van der Waals surface area contributed by atoms with Crippen molar-refractivity contribution < 1.29 is 13.5 Å². The van der Waals surface area contributed by atoms with E-state index in [4.69, 9.17) is 4.74 Å². The second kappa shape index (κ2) is 5.08. The predicted octanol–water partition coefficient (Wildman–Crippen LogP) is 4.01. The average molecular weight is 313 g/mol. The second-order valence-electron chi connectivity index (χ2n) is 5.38. The minimum Gasteiger partial charge on any atom is -0.494 e. The van der Waals surface area contributed by atoms with E-state index >= 15 is 0 Å². The number of ether oxygens (including phenoxy) is 1. The molecule has 0 radical (unpaired) electrons. The van der Waals surface area contributed by atoms with Gasteiger partial charge in [0.15, 0.2) is 11.6 Å². The third-order valence-corrected chi connectivity index (χ3v) is 3.98. The lowest BCUT2D eigenvalue weighted by atomic mass is 10.1. The van der Waals surface area contributed by atoms with Gasteiger partial charge in [-0.15, -0.1) is 0 Å². The standard InChI is InChI=1S/C17H13F2N3O/c1-23-15-8-12-9(7-14(15)19)6-13-16(12)21-22-17(13)20-11-4-2-10(18)3-5-11/h2-5,7-8H,6H2,1H3,(H2,20,21,22). The van der Waals surface area contributed by atoms with Crippen LogP contribution < -0.4 is 10.1 Å². The molecule has 1 aromatic heterocycles. The number of methoxy groups -OCH3 is 1.